The fourth-order valence-electron chi connectivity index (χ4n) is 1.55. The number of hydrogen-bond donors (Lipinski definition) is 0. The number of aromatic nitrogens is 2. The van der Waals surface area contributed by atoms with Gasteiger partial charge in [-0.2, -0.15) is 0 Å². The van der Waals surface area contributed by atoms with Crippen LogP contribution in [0.5, 0.6) is 0 Å². The number of aryl methyl sites for hydroxylation is 1. The molecule has 0 N–H and O–H groups in total. The highest BCUT2D eigenvalue weighted by Crippen LogP contribution is 2.19. The summed E-state index contributed by atoms with van der Waals surface area (Å²) in [6.07, 6.45) is 4.32. The molecule has 1 fully saturated rings. The molecule has 80 valence electrons. The number of hydrogen-bond acceptors (Lipinski definition) is 3. The van der Waals surface area contributed by atoms with Gasteiger partial charge in [0.15, 0.2) is 0 Å². The summed E-state index contributed by atoms with van der Waals surface area (Å²) < 4.78 is 0. The van der Waals surface area contributed by atoms with Crippen LogP contribution in [0, 0.1) is 6.92 Å². The summed E-state index contributed by atoms with van der Waals surface area (Å²) in [7, 11) is 0. The lowest BCUT2D eigenvalue weighted by atomic mass is 10.4. The third-order valence-electron chi connectivity index (χ3n) is 2.42. The van der Waals surface area contributed by atoms with Crippen molar-refractivity contribution in [1.82, 2.24) is 14.9 Å². The molecule has 0 spiro atoms. The quantitative estimate of drug-likeness (QED) is 0.760. The first-order chi connectivity index (χ1) is 7.16. The minimum Gasteiger partial charge on any atom is -0.336 e. The van der Waals surface area contributed by atoms with Gasteiger partial charge in [-0.15, -0.1) is 0 Å². The second-order valence-corrected chi connectivity index (χ2v) is 4.77. The fourth-order valence-corrected chi connectivity index (χ4v) is 2.05. The van der Waals surface area contributed by atoms with Crippen LogP contribution in [0.1, 0.15) is 17.8 Å². The molecule has 0 aliphatic carbocycles. The van der Waals surface area contributed by atoms with E-state index in [-0.39, 0.29) is 10.7 Å². The Morgan fingerprint density at radius 3 is 2.87 bits per heavy atom. The second kappa shape index (κ2) is 4.26. The molecule has 0 radical (unpaired) electrons. The lowest BCUT2D eigenvalue weighted by molar-refractivity contribution is -0.127. The third kappa shape index (κ3) is 2.34. The maximum atomic E-state index is 11.6. The van der Waals surface area contributed by atoms with Crippen LogP contribution < -0.4 is 0 Å². The summed E-state index contributed by atoms with van der Waals surface area (Å²) in [4.78, 5) is 21.8. The molecule has 1 amide bonds. The first-order valence-corrected chi connectivity index (χ1v) is 5.79. The topological polar surface area (TPSA) is 46.1 Å². The molecule has 15 heavy (non-hydrogen) atoms. The molecule has 2 heterocycles. The van der Waals surface area contributed by atoms with Gasteiger partial charge in [0.2, 0.25) is 5.91 Å². The molecular formula is C10H12BrN3O. The van der Waals surface area contributed by atoms with Gasteiger partial charge in [-0.25, -0.2) is 0 Å². The van der Waals surface area contributed by atoms with E-state index in [0.717, 1.165) is 24.4 Å². The number of nitrogens with zero attached hydrogens (tertiary/aromatic N) is 3. The van der Waals surface area contributed by atoms with Crippen LogP contribution in [-0.2, 0) is 11.3 Å². The third-order valence-corrected chi connectivity index (χ3v) is 3.27. The number of halogens is 1. The van der Waals surface area contributed by atoms with E-state index in [9.17, 15) is 4.79 Å². The smallest absolute Gasteiger partial charge is 0.236 e. The van der Waals surface area contributed by atoms with E-state index in [0.29, 0.717) is 6.54 Å². The Morgan fingerprint density at radius 2 is 2.33 bits per heavy atom. The van der Waals surface area contributed by atoms with E-state index in [4.69, 9.17) is 0 Å². The molecule has 1 aromatic rings. The van der Waals surface area contributed by atoms with Gasteiger partial charge < -0.3 is 4.90 Å². The highest BCUT2D eigenvalue weighted by Gasteiger charge is 2.29. The van der Waals surface area contributed by atoms with Crippen LogP contribution in [0.2, 0.25) is 0 Å². The summed E-state index contributed by atoms with van der Waals surface area (Å²) in [5, 5.41) is 0. The highest BCUT2D eigenvalue weighted by atomic mass is 79.9. The number of alkyl halides is 1. The van der Waals surface area contributed by atoms with E-state index in [1.807, 2.05) is 6.92 Å². The molecule has 4 nitrogen and oxygen atoms in total. The highest BCUT2D eigenvalue weighted by molar-refractivity contribution is 9.10. The van der Waals surface area contributed by atoms with E-state index < -0.39 is 0 Å². The minimum absolute atomic E-state index is 0.0177. The number of likely N-dealkylation sites (tertiary alicyclic amines) is 1. The molecule has 5 heteroatoms. The molecule has 0 bridgehead atoms. The Bertz CT molecular complexity index is 365. The first kappa shape index (κ1) is 10.5. The van der Waals surface area contributed by atoms with Crippen molar-refractivity contribution in [2.24, 2.45) is 0 Å². The molecule has 1 aliphatic rings. The predicted molar refractivity (Wildman–Crippen MR) is 59.5 cm³/mol. The first-order valence-electron chi connectivity index (χ1n) is 4.87. The van der Waals surface area contributed by atoms with Gasteiger partial charge in [0.05, 0.1) is 29.0 Å². The van der Waals surface area contributed by atoms with Crippen molar-refractivity contribution in [1.29, 1.82) is 0 Å². The summed E-state index contributed by atoms with van der Waals surface area (Å²) in [5.74, 6) is 0.150. The Morgan fingerprint density at radius 1 is 1.53 bits per heavy atom. The van der Waals surface area contributed by atoms with Crippen molar-refractivity contribution >= 4 is 21.8 Å². The average molecular weight is 270 g/mol. The van der Waals surface area contributed by atoms with Crippen LogP contribution in [0.3, 0.4) is 0 Å². The second-order valence-electron chi connectivity index (χ2n) is 3.67. The van der Waals surface area contributed by atoms with Crippen molar-refractivity contribution in [3.63, 3.8) is 0 Å². The number of carbonyl (C=O) groups excluding carboxylic acids is 1. The van der Waals surface area contributed by atoms with Gasteiger partial charge in [0.1, 0.15) is 0 Å². The molecule has 0 saturated carbocycles. The van der Waals surface area contributed by atoms with Gasteiger partial charge in [-0.05, 0) is 13.3 Å². The largest absolute Gasteiger partial charge is 0.336 e. The Kier molecular flexibility index (Phi) is 3.00. The van der Waals surface area contributed by atoms with Crippen molar-refractivity contribution in [2.75, 3.05) is 6.54 Å². The molecular weight excluding hydrogens is 258 g/mol. The number of amides is 1. The summed E-state index contributed by atoms with van der Waals surface area (Å²) in [6, 6.07) is 0. The van der Waals surface area contributed by atoms with Crippen LogP contribution in [0.4, 0.5) is 0 Å². The van der Waals surface area contributed by atoms with Gasteiger partial charge in [0.25, 0.3) is 0 Å². The van der Waals surface area contributed by atoms with Crippen LogP contribution in [-0.4, -0.2) is 32.1 Å². The molecule has 1 aliphatic heterocycles. The number of rotatable bonds is 2. The fraction of sp³-hybridized carbons (Fsp3) is 0.500. The zero-order valence-corrected chi connectivity index (χ0v) is 10.1. The molecule has 0 aromatic carbocycles. The predicted octanol–water partition coefficient (Wildman–Crippen LogP) is 1.28. The van der Waals surface area contributed by atoms with Gasteiger partial charge in [0, 0.05) is 12.7 Å². The standard InChI is InChI=1S/C10H12BrN3O/c1-7-4-13-8(5-12-7)6-14-3-2-9(11)10(14)15/h4-5,9H,2-3,6H2,1H3. The monoisotopic (exact) mass is 269 g/mol. The van der Waals surface area contributed by atoms with Crippen molar-refractivity contribution in [2.45, 2.75) is 24.7 Å². The van der Waals surface area contributed by atoms with E-state index in [1.54, 1.807) is 17.3 Å². The van der Waals surface area contributed by atoms with Gasteiger partial charge >= 0.3 is 0 Å². The van der Waals surface area contributed by atoms with E-state index in [1.165, 1.54) is 0 Å². The number of carbonyl (C=O) groups is 1. The lowest BCUT2D eigenvalue weighted by Gasteiger charge is -2.14. The van der Waals surface area contributed by atoms with Crippen LogP contribution in [0.15, 0.2) is 12.4 Å². The maximum absolute atomic E-state index is 11.6. The van der Waals surface area contributed by atoms with Gasteiger partial charge in [-0.3, -0.25) is 14.8 Å². The zero-order chi connectivity index (χ0) is 10.8. The van der Waals surface area contributed by atoms with Crippen molar-refractivity contribution < 1.29 is 4.79 Å². The molecule has 1 unspecified atom stereocenters. The summed E-state index contributed by atoms with van der Waals surface area (Å²) in [6.45, 7) is 3.25. The van der Waals surface area contributed by atoms with Gasteiger partial charge in [-0.1, -0.05) is 15.9 Å². The van der Waals surface area contributed by atoms with E-state index in [2.05, 4.69) is 25.9 Å². The lowest BCUT2D eigenvalue weighted by Crippen LogP contribution is -2.27. The van der Waals surface area contributed by atoms with Crippen LogP contribution in [0.25, 0.3) is 0 Å². The average Bonchev–Trinajstić information content (AvgIpc) is 2.53. The Hall–Kier alpha value is -0.970. The molecule has 1 atom stereocenters. The zero-order valence-electron chi connectivity index (χ0n) is 8.48. The SMILES string of the molecule is Cc1cnc(CN2CCC(Br)C2=O)cn1. The molecule has 1 saturated heterocycles. The summed E-state index contributed by atoms with van der Waals surface area (Å²) >= 11 is 3.34. The van der Waals surface area contributed by atoms with Crippen LogP contribution >= 0.6 is 15.9 Å². The molecule has 2 rings (SSSR count). The van der Waals surface area contributed by atoms with Crippen molar-refractivity contribution in [3.05, 3.63) is 23.8 Å². The Balaban J connectivity index is 2.03. The normalized spacial score (nSPS) is 21.1. The molecule has 1 aromatic heterocycles. The Labute approximate surface area is 96.8 Å². The summed E-state index contributed by atoms with van der Waals surface area (Å²) in [5.41, 5.74) is 1.74. The maximum Gasteiger partial charge on any atom is 0.236 e. The van der Waals surface area contributed by atoms with Crippen molar-refractivity contribution in [3.8, 4) is 0 Å². The van der Waals surface area contributed by atoms with E-state index >= 15 is 0 Å². The minimum atomic E-state index is -0.0177.